The summed E-state index contributed by atoms with van der Waals surface area (Å²) in [5.41, 5.74) is 10.2. The quantitative estimate of drug-likeness (QED) is 0.177. The average molecular weight is 652 g/mol. The number of benzene rings is 9. The molecule has 1 aliphatic rings. The Morgan fingerprint density at radius 1 is 0.412 bits per heavy atom. The van der Waals surface area contributed by atoms with Crippen molar-refractivity contribution >= 4 is 82.1 Å². The summed E-state index contributed by atoms with van der Waals surface area (Å²) in [6.45, 7) is 4.68. The predicted molar refractivity (Wildman–Crippen MR) is 216 cm³/mol. The molecule has 1 heterocycles. The highest BCUT2D eigenvalue weighted by Gasteiger charge is 2.38. The second-order valence-electron chi connectivity index (χ2n) is 14.5. The van der Waals surface area contributed by atoms with E-state index in [1.807, 2.05) is 0 Å². The highest BCUT2D eigenvalue weighted by Crippen LogP contribution is 2.54. The van der Waals surface area contributed by atoms with Crippen LogP contribution in [-0.4, -0.2) is 0 Å². The van der Waals surface area contributed by atoms with Crippen LogP contribution in [0.1, 0.15) is 25.0 Å². The van der Waals surface area contributed by atoms with Crippen molar-refractivity contribution in [1.29, 1.82) is 0 Å². The molecule has 0 amide bonds. The number of anilines is 3. The molecule has 1 aliphatic carbocycles. The number of nitrogens with zero attached hydrogens (tertiary/aromatic N) is 1. The van der Waals surface area contributed by atoms with E-state index in [0.29, 0.717) is 0 Å². The zero-order valence-electron chi connectivity index (χ0n) is 28.4. The molecule has 11 rings (SSSR count). The van der Waals surface area contributed by atoms with Gasteiger partial charge in [-0.15, -0.1) is 0 Å². The first kappa shape index (κ1) is 28.5. The maximum atomic E-state index is 6.67. The van der Waals surface area contributed by atoms with E-state index in [2.05, 4.69) is 183 Å². The summed E-state index contributed by atoms with van der Waals surface area (Å²) in [6.07, 6.45) is 0. The molecule has 1 aromatic heterocycles. The van der Waals surface area contributed by atoms with Crippen LogP contribution < -0.4 is 4.90 Å². The van der Waals surface area contributed by atoms with Gasteiger partial charge < -0.3 is 9.32 Å². The van der Waals surface area contributed by atoms with Crippen LogP contribution >= 0.6 is 0 Å². The lowest BCUT2D eigenvalue weighted by atomic mass is 9.82. The van der Waals surface area contributed by atoms with E-state index in [9.17, 15) is 0 Å². The topological polar surface area (TPSA) is 16.4 Å². The molecule has 0 N–H and O–H groups in total. The lowest BCUT2D eigenvalue weighted by molar-refractivity contribution is 0.653. The van der Waals surface area contributed by atoms with E-state index in [4.69, 9.17) is 4.42 Å². The molecule has 0 bridgehead atoms. The van der Waals surface area contributed by atoms with E-state index in [1.165, 1.54) is 70.7 Å². The third kappa shape index (κ3) is 3.99. The molecule has 0 aliphatic heterocycles. The molecule has 10 aromatic rings. The maximum Gasteiger partial charge on any atom is 0.143 e. The molecular formula is C49H33NO. The summed E-state index contributed by atoms with van der Waals surface area (Å²) in [4.78, 5) is 2.43. The molecule has 0 radical (unpaired) electrons. The molecule has 9 aromatic carbocycles. The van der Waals surface area contributed by atoms with Crippen LogP contribution in [0.3, 0.4) is 0 Å². The lowest BCUT2D eigenvalue weighted by Gasteiger charge is -2.28. The van der Waals surface area contributed by atoms with E-state index >= 15 is 0 Å². The highest BCUT2D eigenvalue weighted by molar-refractivity contribution is 6.26. The molecule has 51 heavy (non-hydrogen) atoms. The Labute approximate surface area is 295 Å². The Kier molecular flexibility index (Phi) is 5.76. The standard InChI is InChI=1S/C49H33NO/c1-49(2)44-25-22-34(29-43(44)47-45(49)26-24-41-40-17-9-10-18-46(40)51-48(41)47)50(32-20-19-30-11-3-4-12-31(30)27-32)33-21-23-39-37-15-6-5-13-35(37)36-14-7-8-16-38(36)42(39)28-33/h3-29H,1-2H3. The first-order valence-electron chi connectivity index (χ1n) is 17.8. The van der Waals surface area contributed by atoms with Crippen molar-refractivity contribution < 1.29 is 4.42 Å². The highest BCUT2D eigenvalue weighted by atomic mass is 16.3. The average Bonchev–Trinajstić information content (AvgIpc) is 3.67. The maximum absolute atomic E-state index is 6.67. The summed E-state index contributed by atoms with van der Waals surface area (Å²) < 4.78 is 6.67. The van der Waals surface area contributed by atoms with Crippen LogP contribution in [0.4, 0.5) is 17.1 Å². The van der Waals surface area contributed by atoms with Gasteiger partial charge in [0, 0.05) is 38.8 Å². The molecule has 0 unspecified atom stereocenters. The third-order valence-corrected chi connectivity index (χ3v) is 11.4. The van der Waals surface area contributed by atoms with Gasteiger partial charge in [-0.3, -0.25) is 0 Å². The van der Waals surface area contributed by atoms with Gasteiger partial charge in [0.2, 0.25) is 0 Å². The van der Waals surface area contributed by atoms with Gasteiger partial charge in [0.1, 0.15) is 11.2 Å². The molecule has 0 saturated carbocycles. The Hall–Kier alpha value is -6.38. The van der Waals surface area contributed by atoms with Gasteiger partial charge in [-0.2, -0.15) is 0 Å². The second kappa shape index (κ2) is 10.3. The largest absolute Gasteiger partial charge is 0.455 e. The normalized spacial score (nSPS) is 13.5. The molecule has 0 fully saturated rings. The minimum Gasteiger partial charge on any atom is -0.455 e. The molecule has 0 saturated heterocycles. The monoisotopic (exact) mass is 651 g/mol. The molecule has 0 atom stereocenters. The first-order valence-corrected chi connectivity index (χ1v) is 17.8. The predicted octanol–water partition coefficient (Wildman–Crippen LogP) is 14.0. The second-order valence-corrected chi connectivity index (χ2v) is 14.5. The lowest BCUT2D eigenvalue weighted by Crippen LogP contribution is -2.15. The molecular weight excluding hydrogens is 619 g/mol. The number of rotatable bonds is 3. The van der Waals surface area contributed by atoms with Crippen molar-refractivity contribution in [1.82, 2.24) is 0 Å². The first-order chi connectivity index (χ1) is 25.0. The number of furan rings is 1. The van der Waals surface area contributed by atoms with Gasteiger partial charge in [-0.05, 0) is 102 Å². The third-order valence-electron chi connectivity index (χ3n) is 11.4. The summed E-state index contributed by atoms with van der Waals surface area (Å²) >= 11 is 0. The zero-order valence-corrected chi connectivity index (χ0v) is 28.4. The SMILES string of the molecule is CC1(C)c2ccc(N(c3ccc4ccccc4c3)c3ccc4c5ccccc5c5ccccc5c4c3)cc2-c2c1ccc1c2oc2ccccc21. The van der Waals surface area contributed by atoms with Gasteiger partial charge in [0.15, 0.2) is 0 Å². The number of para-hydroxylation sites is 1. The fourth-order valence-electron chi connectivity index (χ4n) is 8.94. The van der Waals surface area contributed by atoms with Gasteiger partial charge >= 0.3 is 0 Å². The van der Waals surface area contributed by atoms with Crippen LogP contribution in [-0.2, 0) is 5.41 Å². The Morgan fingerprint density at radius 2 is 0.941 bits per heavy atom. The number of fused-ring (bicyclic) bond motifs is 14. The van der Waals surface area contributed by atoms with E-state index in [0.717, 1.165) is 33.6 Å². The van der Waals surface area contributed by atoms with Gasteiger partial charge in [0.05, 0.1) is 0 Å². The van der Waals surface area contributed by atoms with Gasteiger partial charge in [-0.25, -0.2) is 0 Å². The van der Waals surface area contributed by atoms with Crippen molar-refractivity contribution in [3.8, 4) is 11.1 Å². The minimum absolute atomic E-state index is 0.160. The Morgan fingerprint density at radius 3 is 1.71 bits per heavy atom. The fraction of sp³-hybridized carbons (Fsp3) is 0.0612. The van der Waals surface area contributed by atoms with Crippen LogP contribution in [0.25, 0.3) is 76.2 Å². The number of hydrogen-bond acceptors (Lipinski definition) is 2. The molecule has 2 nitrogen and oxygen atoms in total. The van der Waals surface area contributed by atoms with Crippen LogP contribution in [0.2, 0.25) is 0 Å². The smallest absolute Gasteiger partial charge is 0.143 e. The van der Waals surface area contributed by atoms with Crippen molar-refractivity contribution in [3.63, 3.8) is 0 Å². The Balaban J connectivity index is 1.19. The fourth-order valence-corrected chi connectivity index (χ4v) is 8.94. The van der Waals surface area contributed by atoms with Crippen molar-refractivity contribution in [2.75, 3.05) is 4.90 Å². The van der Waals surface area contributed by atoms with Crippen LogP contribution in [0.15, 0.2) is 168 Å². The van der Waals surface area contributed by atoms with Crippen molar-refractivity contribution in [3.05, 3.63) is 175 Å². The van der Waals surface area contributed by atoms with E-state index < -0.39 is 0 Å². The van der Waals surface area contributed by atoms with Gasteiger partial charge in [-0.1, -0.05) is 135 Å². The summed E-state index contributed by atoms with van der Waals surface area (Å²) in [5, 5.41) is 12.4. The van der Waals surface area contributed by atoms with E-state index in [-0.39, 0.29) is 5.41 Å². The molecule has 0 spiro atoms. The zero-order chi connectivity index (χ0) is 33.8. The van der Waals surface area contributed by atoms with Crippen LogP contribution in [0, 0.1) is 0 Å². The van der Waals surface area contributed by atoms with Crippen LogP contribution in [0.5, 0.6) is 0 Å². The number of hydrogen-bond donors (Lipinski definition) is 0. The summed E-state index contributed by atoms with van der Waals surface area (Å²) in [6, 6.07) is 60.1. The van der Waals surface area contributed by atoms with Gasteiger partial charge in [0.25, 0.3) is 0 Å². The molecule has 240 valence electrons. The summed E-state index contributed by atoms with van der Waals surface area (Å²) in [7, 11) is 0. The van der Waals surface area contributed by atoms with Crippen molar-refractivity contribution in [2.45, 2.75) is 19.3 Å². The molecule has 2 heteroatoms. The summed E-state index contributed by atoms with van der Waals surface area (Å²) in [5.74, 6) is 0. The van der Waals surface area contributed by atoms with Crippen molar-refractivity contribution in [2.24, 2.45) is 0 Å². The minimum atomic E-state index is -0.160. The Bertz CT molecular complexity index is 3040. The van der Waals surface area contributed by atoms with E-state index in [1.54, 1.807) is 0 Å².